The second-order valence-corrected chi connectivity index (χ2v) is 6.24. The van der Waals surface area contributed by atoms with E-state index in [1.54, 1.807) is 18.4 Å². The summed E-state index contributed by atoms with van der Waals surface area (Å²) >= 11 is 1.64. The van der Waals surface area contributed by atoms with E-state index >= 15 is 0 Å². The predicted molar refractivity (Wildman–Crippen MR) is 85.3 cm³/mol. The third-order valence-electron chi connectivity index (χ3n) is 3.30. The summed E-state index contributed by atoms with van der Waals surface area (Å²) in [6.45, 7) is 4.49. The van der Waals surface area contributed by atoms with Crippen LogP contribution in [0.15, 0.2) is 12.1 Å². The SMILES string of the molecule is CNC(=O)C(C)CN(C)c1cc2nc(C)sc2cc1N. The topological polar surface area (TPSA) is 71.2 Å². The van der Waals surface area contributed by atoms with Crippen molar-refractivity contribution in [2.45, 2.75) is 13.8 Å². The van der Waals surface area contributed by atoms with Crippen molar-refractivity contribution >= 4 is 38.8 Å². The van der Waals surface area contributed by atoms with Crippen LogP contribution in [0.5, 0.6) is 0 Å². The Morgan fingerprint density at radius 1 is 1.55 bits per heavy atom. The third-order valence-corrected chi connectivity index (χ3v) is 4.23. The molecule has 20 heavy (non-hydrogen) atoms. The minimum Gasteiger partial charge on any atom is -0.397 e. The molecule has 1 aromatic heterocycles. The molecule has 1 aromatic carbocycles. The van der Waals surface area contributed by atoms with Gasteiger partial charge >= 0.3 is 0 Å². The van der Waals surface area contributed by atoms with Crippen molar-refractivity contribution in [3.63, 3.8) is 0 Å². The fraction of sp³-hybridized carbons (Fsp3) is 0.429. The van der Waals surface area contributed by atoms with Gasteiger partial charge < -0.3 is 16.0 Å². The Labute approximate surface area is 122 Å². The Balaban J connectivity index is 2.27. The van der Waals surface area contributed by atoms with Gasteiger partial charge in [-0.3, -0.25) is 4.79 Å². The van der Waals surface area contributed by atoms with E-state index in [1.807, 2.05) is 37.9 Å². The highest BCUT2D eigenvalue weighted by atomic mass is 32.1. The second kappa shape index (κ2) is 5.66. The Hall–Kier alpha value is -1.82. The molecule has 6 heteroatoms. The first kappa shape index (κ1) is 14.6. The first-order valence-electron chi connectivity index (χ1n) is 6.51. The van der Waals surface area contributed by atoms with Crippen molar-refractivity contribution in [3.05, 3.63) is 17.1 Å². The van der Waals surface area contributed by atoms with E-state index in [9.17, 15) is 4.79 Å². The molecular weight excluding hydrogens is 272 g/mol. The third kappa shape index (κ3) is 2.85. The van der Waals surface area contributed by atoms with E-state index < -0.39 is 0 Å². The average Bonchev–Trinajstić information content (AvgIpc) is 2.75. The van der Waals surface area contributed by atoms with Gasteiger partial charge in [-0.1, -0.05) is 6.92 Å². The number of carbonyl (C=O) groups is 1. The van der Waals surface area contributed by atoms with Gasteiger partial charge in [-0.15, -0.1) is 11.3 Å². The van der Waals surface area contributed by atoms with Gasteiger partial charge in [0.2, 0.25) is 5.91 Å². The molecule has 0 aliphatic carbocycles. The van der Waals surface area contributed by atoms with Gasteiger partial charge in [0, 0.05) is 20.6 Å². The summed E-state index contributed by atoms with van der Waals surface area (Å²) in [5.74, 6) is -0.0710. The fourth-order valence-electron chi connectivity index (χ4n) is 2.26. The van der Waals surface area contributed by atoms with Gasteiger partial charge in [0.25, 0.3) is 0 Å². The quantitative estimate of drug-likeness (QED) is 0.846. The predicted octanol–water partition coefficient (Wildman–Crippen LogP) is 2.01. The van der Waals surface area contributed by atoms with Crippen molar-refractivity contribution in [3.8, 4) is 0 Å². The van der Waals surface area contributed by atoms with E-state index in [4.69, 9.17) is 5.73 Å². The molecule has 1 unspecified atom stereocenters. The molecule has 108 valence electrons. The van der Waals surface area contributed by atoms with Gasteiger partial charge in [0.15, 0.2) is 0 Å². The van der Waals surface area contributed by atoms with E-state index in [2.05, 4.69) is 10.3 Å². The highest BCUT2D eigenvalue weighted by molar-refractivity contribution is 7.18. The van der Waals surface area contributed by atoms with Crippen molar-refractivity contribution in [2.75, 3.05) is 31.3 Å². The fourth-order valence-corrected chi connectivity index (χ4v) is 3.12. The molecule has 0 saturated heterocycles. The molecule has 0 aliphatic rings. The molecule has 0 spiro atoms. The van der Waals surface area contributed by atoms with Crippen molar-refractivity contribution in [1.82, 2.24) is 10.3 Å². The van der Waals surface area contributed by atoms with Crippen LogP contribution in [0, 0.1) is 12.8 Å². The lowest BCUT2D eigenvalue weighted by Crippen LogP contribution is -2.34. The zero-order chi connectivity index (χ0) is 14.9. The van der Waals surface area contributed by atoms with Crippen LogP contribution < -0.4 is 16.0 Å². The number of anilines is 2. The lowest BCUT2D eigenvalue weighted by molar-refractivity contribution is -0.123. The van der Waals surface area contributed by atoms with Crippen LogP contribution in [0.3, 0.4) is 0 Å². The van der Waals surface area contributed by atoms with E-state index in [0.29, 0.717) is 12.2 Å². The van der Waals surface area contributed by atoms with Crippen LogP contribution in [-0.2, 0) is 4.79 Å². The number of hydrogen-bond donors (Lipinski definition) is 2. The number of rotatable bonds is 4. The normalized spacial score (nSPS) is 12.4. The number of thiazole rings is 1. The van der Waals surface area contributed by atoms with E-state index in [1.165, 1.54) is 0 Å². The number of amides is 1. The number of nitrogen functional groups attached to an aromatic ring is 1. The van der Waals surface area contributed by atoms with Crippen LogP contribution in [0.4, 0.5) is 11.4 Å². The number of benzene rings is 1. The van der Waals surface area contributed by atoms with E-state index in [0.717, 1.165) is 20.9 Å². The Morgan fingerprint density at radius 3 is 2.90 bits per heavy atom. The second-order valence-electron chi connectivity index (χ2n) is 5.01. The Kier molecular flexibility index (Phi) is 4.13. The molecule has 0 bridgehead atoms. The van der Waals surface area contributed by atoms with Gasteiger partial charge in [0.05, 0.1) is 32.5 Å². The van der Waals surface area contributed by atoms with Crippen LogP contribution in [0.1, 0.15) is 11.9 Å². The summed E-state index contributed by atoms with van der Waals surface area (Å²) in [5, 5.41) is 3.69. The van der Waals surface area contributed by atoms with Crippen molar-refractivity contribution < 1.29 is 4.79 Å². The minimum absolute atomic E-state index is 0.0287. The summed E-state index contributed by atoms with van der Waals surface area (Å²) in [6, 6.07) is 3.95. The van der Waals surface area contributed by atoms with Gasteiger partial charge in [-0.25, -0.2) is 4.98 Å². The maximum absolute atomic E-state index is 11.6. The molecule has 0 saturated carbocycles. The smallest absolute Gasteiger partial charge is 0.224 e. The molecule has 0 aliphatic heterocycles. The number of nitrogens with one attached hydrogen (secondary N) is 1. The highest BCUT2D eigenvalue weighted by Crippen LogP contribution is 2.31. The summed E-state index contributed by atoms with van der Waals surface area (Å²) < 4.78 is 1.09. The highest BCUT2D eigenvalue weighted by Gasteiger charge is 2.16. The number of hydrogen-bond acceptors (Lipinski definition) is 5. The summed E-state index contributed by atoms with van der Waals surface area (Å²) in [4.78, 5) is 18.1. The standard InChI is InChI=1S/C14H20N4OS/c1-8(14(19)16-3)7-18(4)12-6-11-13(5-10(12)15)20-9(2)17-11/h5-6,8H,7,15H2,1-4H3,(H,16,19). The summed E-state index contributed by atoms with van der Waals surface area (Å²) in [7, 11) is 3.59. The molecule has 5 nitrogen and oxygen atoms in total. The summed E-state index contributed by atoms with van der Waals surface area (Å²) in [5.41, 5.74) is 8.70. The zero-order valence-corrected chi connectivity index (χ0v) is 13.0. The molecule has 1 heterocycles. The maximum atomic E-state index is 11.6. The molecule has 3 N–H and O–H groups in total. The van der Waals surface area contributed by atoms with Crippen LogP contribution in [0.25, 0.3) is 10.2 Å². The largest absolute Gasteiger partial charge is 0.397 e. The van der Waals surface area contributed by atoms with E-state index in [-0.39, 0.29) is 11.8 Å². The van der Waals surface area contributed by atoms with Crippen molar-refractivity contribution in [1.29, 1.82) is 0 Å². The first-order valence-corrected chi connectivity index (χ1v) is 7.33. The van der Waals surface area contributed by atoms with Crippen LogP contribution in [-0.4, -0.2) is 31.5 Å². The van der Waals surface area contributed by atoms with Gasteiger partial charge in [-0.2, -0.15) is 0 Å². The minimum atomic E-state index is -0.0998. The van der Waals surface area contributed by atoms with Crippen LogP contribution >= 0.6 is 11.3 Å². The maximum Gasteiger partial charge on any atom is 0.224 e. The molecule has 1 atom stereocenters. The van der Waals surface area contributed by atoms with Crippen LogP contribution in [0.2, 0.25) is 0 Å². The van der Waals surface area contributed by atoms with Gasteiger partial charge in [0.1, 0.15) is 0 Å². The molecule has 0 fully saturated rings. The lowest BCUT2D eigenvalue weighted by atomic mass is 10.1. The Morgan fingerprint density at radius 2 is 2.25 bits per heavy atom. The zero-order valence-electron chi connectivity index (χ0n) is 12.2. The first-order chi connectivity index (χ1) is 9.42. The number of nitrogens with zero attached hydrogens (tertiary/aromatic N) is 2. The average molecular weight is 292 g/mol. The Bertz CT molecular complexity index is 637. The molecular formula is C14H20N4OS. The number of carbonyl (C=O) groups excluding carboxylic acids is 1. The number of aryl methyl sites for hydroxylation is 1. The summed E-state index contributed by atoms with van der Waals surface area (Å²) in [6.07, 6.45) is 0. The lowest BCUT2D eigenvalue weighted by Gasteiger charge is -2.24. The number of aromatic nitrogens is 1. The molecule has 2 aromatic rings. The van der Waals surface area contributed by atoms with Gasteiger partial charge in [-0.05, 0) is 19.1 Å². The van der Waals surface area contributed by atoms with Crippen molar-refractivity contribution in [2.24, 2.45) is 5.92 Å². The number of nitrogens with two attached hydrogens (primary N) is 1. The molecule has 2 rings (SSSR count). The molecule has 0 radical (unpaired) electrons. The number of fused-ring (bicyclic) bond motifs is 1. The monoisotopic (exact) mass is 292 g/mol. The molecule has 1 amide bonds.